The molecule has 0 radical (unpaired) electrons. The van der Waals surface area contributed by atoms with E-state index in [0.29, 0.717) is 55.9 Å². The number of piperidine rings is 1. The van der Waals surface area contributed by atoms with Crippen LogP contribution in [0.15, 0.2) is 30.0 Å². The molecule has 1 saturated heterocycles. The molecule has 0 aromatic heterocycles. The van der Waals surface area contributed by atoms with Crippen molar-refractivity contribution in [3.8, 4) is 5.75 Å². The molecule has 0 bridgehead atoms. The molecule has 1 aromatic carbocycles. The predicted octanol–water partition coefficient (Wildman–Crippen LogP) is 3.57. The van der Waals surface area contributed by atoms with Crippen molar-refractivity contribution in [2.24, 2.45) is 11.8 Å². The van der Waals surface area contributed by atoms with Crippen molar-refractivity contribution in [1.82, 2.24) is 9.80 Å². The van der Waals surface area contributed by atoms with Gasteiger partial charge in [0.05, 0.1) is 12.2 Å². The summed E-state index contributed by atoms with van der Waals surface area (Å²) in [7, 11) is 0. The average molecular weight is 415 g/mol. The van der Waals surface area contributed by atoms with Gasteiger partial charge < -0.3 is 14.4 Å². The molecular formula is C24H34N2O4. The minimum absolute atomic E-state index is 0.179. The summed E-state index contributed by atoms with van der Waals surface area (Å²) in [4.78, 5) is 30.3. The summed E-state index contributed by atoms with van der Waals surface area (Å²) >= 11 is 0. The molecule has 1 aromatic rings. The lowest BCUT2D eigenvalue weighted by Crippen LogP contribution is -2.42. The van der Waals surface area contributed by atoms with E-state index in [2.05, 4.69) is 18.7 Å². The molecule has 0 N–H and O–H groups in total. The fourth-order valence-electron chi connectivity index (χ4n) is 4.52. The van der Waals surface area contributed by atoms with Crippen LogP contribution in [0.1, 0.15) is 46.1 Å². The molecule has 0 aliphatic carbocycles. The number of imide groups is 1. The van der Waals surface area contributed by atoms with Crippen molar-refractivity contribution in [3.05, 3.63) is 35.5 Å². The van der Waals surface area contributed by atoms with Gasteiger partial charge in [0.25, 0.3) is 11.8 Å². The van der Waals surface area contributed by atoms with Gasteiger partial charge in [-0.3, -0.25) is 14.5 Å². The summed E-state index contributed by atoms with van der Waals surface area (Å²) in [5, 5.41) is 0. The summed E-state index contributed by atoms with van der Waals surface area (Å²) in [6.45, 7) is 12.0. The molecule has 2 aliphatic heterocycles. The Kier molecular flexibility index (Phi) is 7.53. The third-order valence-electron chi connectivity index (χ3n) is 5.66. The van der Waals surface area contributed by atoms with Gasteiger partial charge in [-0.1, -0.05) is 26.0 Å². The Balaban J connectivity index is 1.93. The summed E-state index contributed by atoms with van der Waals surface area (Å²) in [6, 6.07) is 7.48. The largest absolute Gasteiger partial charge is 0.494 e. The maximum atomic E-state index is 13.4. The van der Waals surface area contributed by atoms with E-state index in [-0.39, 0.29) is 11.8 Å². The molecule has 2 unspecified atom stereocenters. The summed E-state index contributed by atoms with van der Waals surface area (Å²) in [5.74, 6) is 1.34. The van der Waals surface area contributed by atoms with Crippen LogP contribution in [0.4, 0.5) is 0 Å². The highest BCUT2D eigenvalue weighted by atomic mass is 16.5. The Morgan fingerprint density at radius 3 is 2.23 bits per heavy atom. The number of carbonyl (C=O) groups is 2. The van der Waals surface area contributed by atoms with E-state index in [0.717, 1.165) is 30.8 Å². The van der Waals surface area contributed by atoms with Crippen LogP contribution >= 0.6 is 0 Å². The van der Waals surface area contributed by atoms with Gasteiger partial charge in [0.1, 0.15) is 11.4 Å². The van der Waals surface area contributed by atoms with Crippen LogP contribution in [0.3, 0.4) is 0 Å². The SMILES string of the molecule is CCOCCCN1C(=O)C(c2ccc(OCC)cc2)=C(N2CC(C)CC(C)C2)C1=O. The maximum Gasteiger partial charge on any atom is 0.277 e. The Morgan fingerprint density at radius 1 is 0.967 bits per heavy atom. The first-order valence-corrected chi connectivity index (χ1v) is 11.1. The fraction of sp³-hybridized carbons (Fsp3) is 0.583. The van der Waals surface area contributed by atoms with E-state index >= 15 is 0 Å². The number of hydrogen-bond acceptors (Lipinski definition) is 5. The Labute approximate surface area is 179 Å². The standard InChI is InChI=1S/C24H34N2O4/c1-5-29-13-7-12-26-23(27)21(19-8-10-20(11-9-19)30-6-2)22(24(26)28)25-15-17(3)14-18(4)16-25/h8-11,17-18H,5-7,12-16H2,1-4H3. The van der Waals surface area contributed by atoms with Crippen molar-refractivity contribution < 1.29 is 19.1 Å². The second-order valence-electron chi connectivity index (χ2n) is 8.34. The van der Waals surface area contributed by atoms with Gasteiger partial charge in [0.2, 0.25) is 0 Å². The second kappa shape index (κ2) is 10.1. The lowest BCUT2D eigenvalue weighted by atomic mass is 9.91. The van der Waals surface area contributed by atoms with Crippen LogP contribution < -0.4 is 4.74 Å². The number of amides is 2. The van der Waals surface area contributed by atoms with E-state index < -0.39 is 0 Å². The molecule has 6 heteroatoms. The van der Waals surface area contributed by atoms with Gasteiger partial charge in [-0.2, -0.15) is 0 Å². The van der Waals surface area contributed by atoms with Crippen molar-refractivity contribution in [2.45, 2.75) is 40.5 Å². The molecule has 2 heterocycles. The zero-order valence-electron chi connectivity index (χ0n) is 18.6. The minimum Gasteiger partial charge on any atom is -0.494 e. The molecule has 2 aliphatic rings. The smallest absolute Gasteiger partial charge is 0.277 e. The number of carbonyl (C=O) groups excluding carboxylic acids is 2. The minimum atomic E-state index is -0.207. The van der Waals surface area contributed by atoms with Crippen LogP contribution in [0, 0.1) is 11.8 Å². The molecule has 2 atom stereocenters. The van der Waals surface area contributed by atoms with Gasteiger partial charge in [-0.15, -0.1) is 0 Å². The van der Waals surface area contributed by atoms with Gasteiger partial charge in [0.15, 0.2) is 0 Å². The topological polar surface area (TPSA) is 59.1 Å². The summed E-state index contributed by atoms with van der Waals surface area (Å²) < 4.78 is 10.9. The molecular weight excluding hydrogens is 380 g/mol. The molecule has 164 valence electrons. The number of nitrogens with zero attached hydrogens (tertiary/aromatic N) is 2. The van der Waals surface area contributed by atoms with Crippen LogP contribution in [-0.4, -0.2) is 61.1 Å². The number of ether oxygens (including phenoxy) is 2. The monoisotopic (exact) mass is 414 g/mol. The molecule has 2 amide bonds. The molecule has 1 fully saturated rings. The third kappa shape index (κ3) is 4.86. The number of likely N-dealkylation sites (tertiary alicyclic amines) is 1. The first-order valence-electron chi connectivity index (χ1n) is 11.1. The zero-order valence-corrected chi connectivity index (χ0v) is 18.6. The van der Waals surface area contributed by atoms with E-state index in [9.17, 15) is 9.59 Å². The van der Waals surface area contributed by atoms with Crippen LogP contribution in [0.2, 0.25) is 0 Å². The maximum absolute atomic E-state index is 13.4. The highest BCUT2D eigenvalue weighted by Gasteiger charge is 2.42. The lowest BCUT2D eigenvalue weighted by molar-refractivity contribution is -0.137. The lowest BCUT2D eigenvalue weighted by Gasteiger charge is -2.37. The predicted molar refractivity (Wildman–Crippen MR) is 117 cm³/mol. The van der Waals surface area contributed by atoms with Gasteiger partial charge in [0, 0.05) is 32.8 Å². The van der Waals surface area contributed by atoms with Crippen molar-refractivity contribution in [3.63, 3.8) is 0 Å². The molecule has 0 spiro atoms. The van der Waals surface area contributed by atoms with Crippen LogP contribution in [0.25, 0.3) is 5.57 Å². The van der Waals surface area contributed by atoms with Crippen molar-refractivity contribution in [1.29, 1.82) is 0 Å². The molecule has 6 nitrogen and oxygen atoms in total. The van der Waals surface area contributed by atoms with Gasteiger partial charge in [-0.05, 0) is 56.2 Å². The average Bonchev–Trinajstić information content (AvgIpc) is 2.96. The normalized spacial score (nSPS) is 22.3. The summed E-state index contributed by atoms with van der Waals surface area (Å²) in [6.07, 6.45) is 1.78. The number of hydrogen-bond donors (Lipinski definition) is 0. The second-order valence-corrected chi connectivity index (χ2v) is 8.34. The van der Waals surface area contributed by atoms with E-state index in [1.165, 1.54) is 4.90 Å². The first kappa shape index (κ1) is 22.3. The Bertz CT molecular complexity index is 777. The summed E-state index contributed by atoms with van der Waals surface area (Å²) in [5.41, 5.74) is 1.84. The van der Waals surface area contributed by atoms with E-state index in [1.807, 2.05) is 38.1 Å². The highest BCUT2D eigenvalue weighted by molar-refractivity contribution is 6.35. The zero-order chi connectivity index (χ0) is 21.7. The van der Waals surface area contributed by atoms with Crippen molar-refractivity contribution >= 4 is 17.4 Å². The fourth-order valence-corrected chi connectivity index (χ4v) is 4.52. The molecule has 3 rings (SSSR count). The van der Waals surface area contributed by atoms with E-state index in [1.54, 1.807) is 0 Å². The Morgan fingerprint density at radius 2 is 1.63 bits per heavy atom. The quantitative estimate of drug-likeness (QED) is 0.457. The molecule has 0 saturated carbocycles. The molecule has 30 heavy (non-hydrogen) atoms. The van der Waals surface area contributed by atoms with Gasteiger partial charge in [-0.25, -0.2) is 0 Å². The third-order valence-corrected chi connectivity index (χ3v) is 5.66. The first-order chi connectivity index (χ1) is 14.5. The highest BCUT2D eigenvalue weighted by Crippen LogP contribution is 2.35. The van der Waals surface area contributed by atoms with Crippen molar-refractivity contribution in [2.75, 3.05) is 39.5 Å². The van der Waals surface area contributed by atoms with E-state index in [4.69, 9.17) is 9.47 Å². The van der Waals surface area contributed by atoms with Gasteiger partial charge >= 0.3 is 0 Å². The van der Waals surface area contributed by atoms with Crippen LogP contribution in [-0.2, 0) is 14.3 Å². The van der Waals surface area contributed by atoms with Crippen LogP contribution in [0.5, 0.6) is 5.75 Å². The number of benzene rings is 1. The number of rotatable bonds is 9. The Hall–Kier alpha value is -2.34.